The van der Waals surface area contributed by atoms with Crippen LogP contribution in [0.2, 0.25) is 0 Å². The first-order valence-electron chi connectivity index (χ1n) is 9.61. The molecule has 31 heavy (non-hydrogen) atoms. The van der Waals surface area contributed by atoms with Crippen molar-refractivity contribution in [1.29, 1.82) is 0 Å². The highest BCUT2D eigenvalue weighted by Gasteiger charge is 2.19. The van der Waals surface area contributed by atoms with E-state index in [1.165, 1.54) is 4.68 Å². The van der Waals surface area contributed by atoms with Crippen molar-refractivity contribution in [2.75, 3.05) is 19.5 Å². The van der Waals surface area contributed by atoms with Crippen molar-refractivity contribution < 1.29 is 14.3 Å². The second-order valence-corrected chi connectivity index (χ2v) is 6.61. The molecule has 2 heterocycles. The number of pyridine rings is 1. The van der Waals surface area contributed by atoms with E-state index in [1.807, 2.05) is 30.3 Å². The van der Waals surface area contributed by atoms with Gasteiger partial charge in [0.05, 0.1) is 14.2 Å². The van der Waals surface area contributed by atoms with Crippen LogP contribution in [0.3, 0.4) is 0 Å². The van der Waals surface area contributed by atoms with Crippen LogP contribution in [0.1, 0.15) is 15.9 Å². The van der Waals surface area contributed by atoms with E-state index in [1.54, 1.807) is 56.9 Å². The number of anilines is 1. The summed E-state index contributed by atoms with van der Waals surface area (Å²) in [4.78, 5) is 21.8. The van der Waals surface area contributed by atoms with Crippen LogP contribution >= 0.6 is 0 Å². The second kappa shape index (κ2) is 9.08. The Bertz CT molecular complexity index is 1170. The summed E-state index contributed by atoms with van der Waals surface area (Å²) in [5.41, 5.74) is 2.10. The van der Waals surface area contributed by atoms with Crippen LogP contribution in [0, 0.1) is 0 Å². The van der Waals surface area contributed by atoms with Crippen LogP contribution < -0.4 is 14.8 Å². The predicted molar refractivity (Wildman–Crippen MR) is 116 cm³/mol. The number of hydrogen-bond donors (Lipinski definition) is 1. The van der Waals surface area contributed by atoms with E-state index in [4.69, 9.17) is 9.47 Å². The highest BCUT2D eigenvalue weighted by molar-refractivity contribution is 5.97. The van der Waals surface area contributed by atoms with Crippen LogP contribution in [0.5, 0.6) is 11.5 Å². The summed E-state index contributed by atoms with van der Waals surface area (Å²) in [5, 5.41) is 7.66. The third-order valence-electron chi connectivity index (χ3n) is 4.69. The summed E-state index contributed by atoms with van der Waals surface area (Å²) >= 11 is 0. The van der Waals surface area contributed by atoms with Gasteiger partial charge in [-0.1, -0.05) is 18.2 Å². The number of para-hydroxylation sites is 1. The van der Waals surface area contributed by atoms with Crippen molar-refractivity contribution in [2.24, 2.45) is 0 Å². The molecule has 0 aliphatic rings. The number of benzene rings is 2. The molecule has 8 heteroatoms. The lowest BCUT2D eigenvalue weighted by Gasteiger charge is -2.10. The second-order valence-electron chi connectivity index (χ2n) is 6.61. The molecular weight excluding hydrogens is 394 g/mol. The SMILES string of the molecule is COc1ccc(C(=O)n2nc(-c3cccnc3)nc2NCc2ccccc2OC)cc1. The molecule has 0 saturated carbocycles. The quantitative estimate of drug-likeness (QED) is 0.492. The molecule has 2 aromatic heterocycles. The third-order valence-corrected chi connectivity index (χ3v) is 4.69. The lowest BCUT2D eigenvalue weighted by molar-refractivity contribution is 0.0947. The van der Waals surface area contributed by atoms with Crippen molar-refractivity contribution in [3.63, 3.8) is 0 Å². The fourth-order valence-corrected chi connectivity index (χ4v) is 3.06. The molecular formula is C23H21N5O3. The first-order chi connectivity index (χ1) is 15.2. The van der Waals surface area contributed by atoms with Crippen LogP contribution in [-0.4, -0.2) is 39.9 Å². The number of carbonyl (C=O) groups is 1. The molecule has 4 aromatic rings. The van der Waals surface area contributed by atoms with Crippen molar-refractivity contribution >= 4 is 11.9 Å². The number of rotatable bonds is 7. The van der Waals surface area contributed by atoms with Gasteiger partial charge in [-0.15, -0.1) is 5.10 Å². The lowest BCUT2D eigenvalue weighted by Crippen LogP contribution is -2.17. The molecule has 0 bridgehead atoms. The van der Waals surface area contributed by atoms with Crippen LogP contribution in [0.15, 0.2) is 73.1 Å². The molecule has 0 amide bonds. The number of methoxy groups -OCH3 is 2. The molecule has 0 saturated heterocycles. The Kier molecular flexibility index (Phi) is 5.89. The van der Waals surface area contributed by atoms with E-state index in [0.717, 1.165) is 11.3 Å². The maximum atomic E-state index is 13.2. The predicted octanol–water partition coefficient (Wildman–Crippen LogP) is 3.66. The highest BCUT2D eigenvalue weighted by atomic mass is 16.5. The third kappa shape index (κ3) is 4.37. The van der Waals surface area contributed by atoms with E-state index in [2.05, 4.69) is 20.4 Å². The van der Waals surface area contributed by atoms with Crippen LogP contribution in [-0.2, 0) is 6.54 Å². The van der Waals surface area contributed by atoms with Gasteiger partial charge in [-0.2, -0.15) is 9.67 Å². The van der Waals surface area contributed by atoms with Gasteiger partial charge in [0.2, 0.25) is 5.95 Å². The normalized spacial score (nSPS) is 10.5. The van der Waals surface area contributed by atoms with Crippen LogP contribution in [0.4, 0.5) is 5.95 Å². The van der Waals surface area contributed by atoms with Crippen LogP contribution in [0.25, 0.3) is 11.4 Å². The molecule has 0 fully saturated rings. The Hall–Kier alpha value is -4.20. The Morgan fingerprint density at radius 1 is 1.00 bits per heavy atom. The molecule has 156 valence electrons. The zero-order valence-corrected chi connectivity index (χ0v) is 17.1. The van der Waals surface area contributed by atoms with Gasteiger partial charge in [-0.05, 0) is 42.5 Å². The molecule has 0 aliphatic heterocycles. The largest absolute Gasteiger partial charge is 0.497 e. The summed E-state index contributed by atoms with van der Waals surface area (Å²) in [5.74, 6) is 1.83. The number of carbonyl (C=O) groups excluding carboxylic acids is 1. The summed E-state index contributed by atoms with van der Waals surface area (Å²) in [6.07, 6.45) is 3.32. The van der Waals surface area contributed by atoms with Gasteiger partial charge in [-0.25, -0.2) is 0 Å². The van der Waals surface area contributed by atoms with E-state index in [9.17, 15) is 4.79 Å². The summed E-state index contributed by atoms with van der Waals surface area (Å²) in [6.45, 7) is 0.408. The fraction of sp³-hybridized carbons (Fsp3) is 0.130. The lowest BCUT2D eigenvalue weighted by atomic mass is 10.2. The number of nitrogens with zero attached hydrogens (tertiary/aromatic N) is 4. The Labute approximate surface area is 179 Å². The van der Waals surface area contributed by atoms with E-state index < -0.39 is 0 Å². The highest BCUT2D eigenvalue weighted by Crippen LogP contribution is 2.22. The number of hydrogen-bond acceptors (Lipinski definition) is 7. The Morgan fingerprint density at radius 2 is 1.81 bits per heavy atom. The zero-order chi connectivity index (χ0) is 21.6. The minimum absolute atomic E-state index is 0.312. The number of ether oxygens (including phenoxy) is 2. The number of nitrogens with one attached hydrogen (secondary N) is 1. The van der Waals surface area contributed by atoms with Gasteiger partial charge in [0.15, 0.2) is 5.82 Å². The first kappa shape index (κ1) is 20.1. The minimum Gasteiger partial charge on any atom is -0.497 e. The summed E-state index contributed by atoms with van der Waals surface area (Å²) in [6, 6.07) is 18.1. The van der Waals surface area contributed by atoms with Gasteiger partial charge in [0, 0.05) is 35.6 Å². The molecule has 2 aromatic carbocycles. The molecule has 0 aliphatic carbocycles. The van der Waals surface area contributed by atoms with Crippen molar-refractivity contribution in [2.45, 2.75) is 6.54 Å². The van der Waals surface area contributed by atoms with Crippen molar-refractivity contribution in [3.8, 4) is 22.9 Å². The van der Waals surface area contributed by atoms with Gasteiger partial charge in [0.1, 0.15) is 11.5 Å². The van der Waals surface area contributed by atoms with Gasteiger partial charge in [0.25, 0.3) is 5.91 Å². The molecule has 0 atom stereocenters. The average molecular weight is 415 g/mol. The van der Waals surface area contributed by atoms with Crippen molar-refractivity contribution in [3.05, 3.63) is 84.2 Å². The molecule has 8 nitrogen and oxygen atoms in total. The summed E-state index contributed by atoms with van der Waals surface area (Å²) in [7, 11) is 3.20. The monoisotopic (exact) mass is 415 g/mol. The van der Waals surface area contributed by atoms with E-state index in [-0.39, 0.29) is 5.91 Å². The fourth-order valence-electron chi connectivity index (χ4n) is 3.06. The maximum Gasteiger partial charge on any atom is 0.281 e. The van der Waals surface area contributed by atoms with E-state index in [0.29, 0.717) is 35.2 Å². The topological polar surface area (TPSA) is 91.2 Å². The smallest absolute Gasteiger partial charge is 0.281 e. The molecule has 1 N–H and O–H groups in total. The number of aromatic nitrogens is 4. The summed E-state index contributed by atoms with van der Waals surface area (Å²) < 4.78 is 11.8. The average Bonchev–Trinajstić information content (AvgIpc) is 3.27. The van der Waals surface area contributed by atoms with Gasteiger partial charge >= 0.3 is 0 Å². The van der Waals surface area contributed by atoms with Gasteiger partial charge in [-0.3, -0.25) is 9.78 Å². The molecule has 0 spiro atoms. The Morgan fingerprint density at radius 3 is 2.52 bits per heavy atom. The molecule has 4 rings (SSSR count). The minimum atomic E-state index is -0.312. The van der Waals surface area contributed by atoms with Gasteiger partial charge < -0.3 is 14.8 Å². The zero-order valence-electron chi connectivity index (χ0n) is 17.1. The molecule has 0 unspecified atom stereocenters. The standard InChI is InChI=1S/C23H21N5O3/c1-30-19-11-9-16(10-12-19)22(29)28-23(25-15-17-6-3-4-8-20(17)31-2)26-21(27-28)18-7-5-13-24-14-18/h3-14H,15H2,1-2H3,(H,25,26,27). The Balaban J connectivity index is 1.68. The molecule has 0 radical (unpaired) electrons. The first-order valence-corrected chi connectivity index (χ1v) is 9.61. The van der Waals surface area contributed by atoms with Crippen molar-refractivity contribution in [1.82, 2.24) is 19.7 Å². The van der Waals surface area contributed by atoms with E-state index >= 15 is 0 Å². The maximum absolute atomic E-state index is 13.2.